The Bertz CT molecular complexity index is 497. The number of hydrogen-bond acceptors (Lipinski definition) is 4. The van der Waals surface area contributed by atoms with E-state index in [0.29, 0.717) is 11.1 Å². The second-order valence-corrected chi connectivity index (χ2v) is 8.69. The maximum Gasteiger partial charge on any atom is 0.531 e. The summed E-state index contributed by atoms with van der Waals surface area (Å²) in [5.41, 5.74) is -0.415. The monoisotopic (exact) mass is 378 g/mol. The van der Waals surface area contributed by atoms with Gasteiger partial charge in [0.05, 0.1) is 11.2 Å². The van der Waals surface area contributed by atoms with Gasteiger partial charge in [-0.25, -0.2) is 4.57 Å². The first-order valence-corrected chi connectivity index (χ1v) is 9.37. The molecule has 21 heavy (non-hydrogen) atoms. The number of halogens is 1. The summed E-state index contributed by atoms with van der Waals surface area (Å²) in [5.74, 6) is 0.492. The first kappa shape index (κ1) is 18.7. The molecule has 0 bridgehead atoms. The molecule has 1 aromatic carbocycles. The van der Waals surface area contributed by atoms with Crippen LogP contribution in [0, 0.1) is 0 Å². The lowest BCUT2D eigenvalue weighted by atomic mass is 10.2. The zero-order valence-corrected chi connectivity index (χ0v) is 16.0. The molecule has 6 heteroatoms. The number of hydrogen-bond donors (Lipinski definition) is 0. The van der Waals surface area contributed by atoms with Crippen molar-refractivity contribution in [3.8, 4) is 5.75 Å². The van der Waals surface area contributed by atoms with Gasteiger partial charge < -0.3 is 4.52 Å². The Morgan fingerprint density at radius 3 is 1.90 bits per heavy atom. The van der Waals surface area contributed by atoms with Crippen molar-refractivity contribution >= 4 is 23.8 Å². The van der Waals surface area contributed by atoms with E-state index in [4.69, 9.17) is 13.6 Å². The number of rotatable bonds is 5. The molecule has 0 aromatic heterocycles. The third kappa shape index (κ3) is 6.96. The van der Waals surface area contributed by atoms with Crippen LogP contribution in [0.4, 0.5) is 0 Å². The van der Waals surface area contributed by atoms with Crippen LogP contribution in [-0.4, -0.2) is 11.2 Å². The number of benzene rings is 1. The zero-order chi connectivity index (χ0) is 16.3. The first-order chi connectivity index (χ1) is 9.44. The second-order valence-electron chi connectivity index (χ2n) is 6.69. The van der Waals surface area contributed by atoms with Crippen molar-refractivity contribution in [3.05, 3.63) is 29.8 Å². The molecule has 0 aliphatic rings. The minimum absolute atomic E-state index is 0.492. The van der Waals surface area contributed by atoms with Crippen molar-refractivity contribution in [1.82, 2.24) is 0 Å². The van der Waals surface area contributed by atoms with Gasteiger partial charge >= 0.3 is 7.82 Å². The molecule has 0 spiro atoms. The van der Waals surface area contributed by atoms with Gasteiger partial charge in [0, 0.05) is 10.9 Å². The summed E-state index contributed by atoms with van der Waals surface area (Å²) in [5, 5.41) is 0.591. The van der Waals surface area contributed by atoms with E-state index in [0.717, 1.165) is 5.56 Å². The lowest BCUT2D eigenvalue weighted by Gasteiger charge is -2.31. The highest BCUT2D eigenvalue weighted by molar-refractivity contribution is 9.08. The average Bonchev–Trinajstić information content (AvgIpc) is 2.23. The van der Waals surface area contributed by atoms with Crippen molar-refractivity contribution < 1.29 is 18.1 Å². The minimum Gasteiger partial charge on any atom is -0.404 e. The predicted octanol–water partition coefficient (Wildman–Crippen LogP) is 5.70. The Labute approximate surface area is 135 Å². The molecule has 0 radical (unpaired) electrons. The molecule has 0 N–H and O–H groups in total. The smallest absolute Gasteiger partial charge is 0.404 e. The molecule has 1 rings (SSSR count). The number of alkyl halides is 1. The first-order valence-electron chi connectivity index (χ1n) is 6.79. The van der Waals surface area contributed by atoms with Gasteiger partial charge in [-0.05, 0) is 47.6 Å². The van der Waals surface area contributed by atoms with Crippen LogP contribution in [0.15, 0.2) is 24.3 Å². The summed E-state index contributed by atoms with van der Waals surface area (Å²) in [6, 6.07) is 7.35. The topological polar surface area (TPSA) is 44.8 Å². The predicted molar refractivity (Wildman–Crippen MR) is 89.0 cm³/mol. The van der Waals surface area contributed by atoms with Crippen molar-refractivity contribution in [1.29, 1.82) is 0 Å². The molecule has 0 unspecified atom stereocenters. The largest absolute Gasteiger partial charge is 0.531 e. The molecule has 0 heterocycles. The van der Waals surface area contributed by atoms with Crippen LogP contribution in [-0.2, 0) is 18.9 Å². The van der Waals surface area contributed by atoms with Gasteiger partial charge in [0.15, 0.2) is 0 Å². The molecule has 0 amide bonds. The molecule has 0 aliphatic heterocycles. The third-order valence-electron chi connectivity index (χ3n) is 2.10. The lowest BCUT2D eigenvalue weighted by Crippen LogP contribution is -2.25. The lowest BCUT2D eigenvalue weighted by molar-refractivity contribution is 0.0223. The quantitative estimate of drug-likeness (QED) is 0.486. The fourth-order valence-electron chi connectivity index (χ4n) is 1.55. The van der Waals surface area contributed by atoms with Gasteiger partial charge in [0.25, 0.3) is 0 Å². The maximum absolute atomic E-state index is 13.0. The molecule has 0 aliphatic carbocycles. The average molecular weight is 379 g/mol. The van der Waals surface area contributed by atoms with Gasteiger partial charge in [-0.1, -0.05) is 34.1 Å². The van der Waals surface area contributed by atoms with Crippen molar-refractivity contribution in [2.75, 3.05) is 0 Å². The second kappa shape index (κ2) is 6.82. The molecular weight excluding hydrogens is 355 g/mol. The van der Waals surface area contributed by atoms with Gasteiger partial charge in [-0.2, -0.15) is 0 Å². The summed E-state index contributed by atoms with van der Waals surface area (Å²) in [6.07, 6.45) is 0. The van der Waals surface area contributed by atoms with Crippen LogP contribution in [0.3, 0.4) is 0 Å². The normalized spacial score (nSPS) is 13.3. The van der Waals surface area contributed by atoms with Crippen molar-refractivity contribution in [2.45, 2.75) is 58.1 Å². The summed E-state index contributed by atoms with van der Waals surface area (Å²) < 4.78 is 29.9. The Hall–Kier alpha value is -0.350. The van der Waals surface area contributed by atoms with E-state index in [-0.39, 0.29) is 0 Å². The third-order valence-corrected chi connectivity index (χ3v) is 4.67. The van der Waals surface area contributed by atoms with Gasteiger partial charge in [0.1, 0.15) is 5.75 Å². The van der Waals surface area contributed by atoms with E-state index in [2.05, 4.69) is 15.9 Å². The van der Waals surface area contributed by atoms with E-state index in [1.165, 1.54) is 0 Å². The minimum atomic E-state index is -3.75. The highest BCUT2D eigenvalue weighted by Crippen LogP contribution is 2.55. The van der Waals surface area contributed by atoms with Crippen LogP contribution in [0.2, 0.25) is 0 Å². The number of phosphoric acid groups is 1. The van der Waals surface area contributed by atoms with E-state index >= 15 is 0 Å². The number of para-hydroxylation sites is 1. The standard InChI is InChI=1S/C15H24BrO4P/c1-14(2,3)19-21(17,20-15(4,5)6)18-13-10-8-7-9-12(13)11-16/h7-10H,11H2,1-6H3. The van der Waals surface area contributed by atoms with Crippen LogP contribution in [0.25, 0.3) is 0 Å². The Kier molecular flexibility index (Phi) is 6.08. The van der Waals surface area contributed by atoms with Crippen LogP contribution >= 0.6 is 23.8 Å². The summed E-state index contributed by atoms with van der Waals surface area (Å²) >= 11 is 3.39. The molecule has 0 fully saturated rings. The summed E-state index contributed by atoms with van der Waals surface area (Å²) in [6.45, 7) is 10.9. The highest BCUT2D eigenvalue weighted by Gasteiger charge is 2.39. The molecule has 120 valence electrons. The van der Waals surface area contributed by atoms with Gasteiger partial charge in [-0.3, -0.25) is 9.05 Å². The summed E-state index contributed by atoms with van der Waals surface area (Å²) in [4.78, 5) is 0. The molecule has 0 atom stereocenters. The van der Waals surface area contributed by atoms with E-state index < -0.39 is 19.0 Å². The van der Waals surface area contributed by atoms with Gasteiger partial charge in [0.2, 0.25) is 0 Å². The zero-order valence-electron chi connectivity index (χ0n) is 13.5. The summed E-state index contributed by atoms with van der Waals surface area (Å²) in [7, 11) is -3.75. The Balaban J connectivity index is 3.10. The molecule has 1 aromatic rings. The number of phosphoric ester groups is 1. The van der Waals surface area contributed by atoms with Crippen LogP contribution in [0.1, 0.15) is 47.1 Å². The highest BCUT2D eigenvalue weighted by atomic mass is 79.9. The molecule has 0 saturated heterocycles. The van der Waals surface area contributed by atoms with Crippen LogP contribution < -0.4 is 4.52 Å². The fraction of sp³-hybridized carbons (Fsp3) is 0.600. The van der Waals surface area contributed by atoms with Crippen molar-refractivity contribution in [2.24, 2.45) is 0 Å². The molecule has 0 saturated carbocycles. The van der Waals surface area contributed by atoms with E-state index in [1.54, 1.807) is 6.07 Å². The SMILES string of the molecule is CC(C)(C)OP(=O)(Oc1ccccc1CBr)OC(C)(C)C. The molecular formula is C15H24BrO4P. The van der Waals surface area contributed by atoms with Gasteiger partial charge in [-0.15, -0.1) is 0 Å². The fourth-order valence-corrected chi connectivity index (χ4v) is 3.89. The Morgan fingerprint density at radius 1 is 1.00 bits per heavy atom. The Morgan fingerprint density at radius 2 is 1.48 bits per heavy atom. The van der Waals surface area contributed by atoms with Crippen molar-refractivity contribution in [3.63, 3.8) is 0 Å². The maximum atomic E-state index is 13.0. The molecule has 4 nitrogen and oxygen atoms in total. The van der Waals surface area contributed by atoms with Crippen LogP contribution in [0.5, 0.6) is 5.75 Å². The van der Waals surface area contributed by atoms with E-state index in [9.17, 15) is 4.57 Å². The van der Waals surface area contributed by atoms with E-state index in [1.807, 2.05) is 59.7 Å².